The van der Waals surface area contributed by atoms with E-state index in [0.29, 0.717) is 10.9 Å². The molecule has 5 nitrogen and oxygen atoms in total. The minimum absolute atomic E-state index is 0.0920. The smallest absolute Gasteiger partial charge is 0.354 e. The van der Waals surface area contributed by atoms with Crippen LogP contribution < -0.4 is 10.6 Å². The fourth-order valence-corrected chi connectivity index (χ4v) is 2.18. The Hall–Kier alpha value is -2.25. The van der Waals surface area contributed by atoms with Gasteiger partial charge in [-0.2, -0.15) is 13.2 Å². The van der Waals surface area contributed by atoms with Gasteiger partial charge >= 0.3 is 6.18 Å². The van der Waals surface area contributed by atoms with Crippen molar-refractivity contribution in [3.8, 4) is 0 Å². The third kappa shape index (κ3) is 8.97. The number of nitrogens with zero attached hydrogens (tertiary/aromatic N) is 2. The Bertz CT molecular complexity index is 561. The van der Waals surface area contributed by atoms with Crippen LogP contribution in [0.1, 0.15) is 18.9 Å². The van der Waals surface area contributed by atoms with E-state index in [1.54, 1.807) is 7.05 Å². The number of aliphatic imine (C=N–C) groups is 1. The number of aryl methyl sites for hydroxylation is 1. The minimum atomic E-state index is -4.41. The van der Waals surface area contributed by atoms with Crippen LogP contribution in [0.25, 0.3) is 0 Å². The van der Waals surface area contributed by atoms with Gasteiger partial charge < -0.3 is 15.5 Å². The van der Waals surface area contributed by atoms with Gasteiger partial charge in [0.2, 0.25) is 5.91 Å². The van der Waals surface area contributed by atoms with Crippen LogP contribution in [0.3, 0.4) is 0 Å². The predicted molar refractivity (Wildman–Crippen MR) is 92.4 cm³/mol. The lowest BCUT2D eigenvalue weighted by atomic mass is 10.1. The molecule has 0 aliphatic rings. The highest BCUT2D eigenvalue weighted by Crippen LogP contribution is 2.15. The van der Waals surface area contributed by atoms with Crippen molar-refractivity contribution in [1.29, 1.82) is 0 Å². The van der Waals surface area contributed by atoms with Gasteiger partial charge in [-0.25, -0.2) is 0 Å². The highest BCUT2D eigenvalue weighted by molar-refractivity contribution is 5.86. The number of nitrogens with one attached hydrogen (secondary N) is 2. The summed E-state index contributed by atoms with van der Waals surface area (Å²) in [5, 5.41) is 5.87. The van der Waals surface area contributed by atoms with Crippen molar-refractivity contribution in [2.45, 2.75) is 32.0 Å². The molecule has 1 unspecified atom stereocenters. The van der Waals surface area contributed by atoms with Crippen molar-refractivity contribution >= 4 is 11.9 Å². The summed E-state index contributed by atoms with van der Waals surface area (Å²) >= 11 is 0. The molecule has 0 saturated carbocycles. The van der Waals surface area contributed by atoms with Gasteiger partial charge in [-0.1, -0.05) is 30.3 Å². The molecule has 0 spiro atoms. The number of carbonyl (C=O) groups excluding carboxylic acids is 1. The Morgan fingerprint density at radius 2 is 1.92 bits per heavy atom. The van der Waals surface area contributed by atoms with E-state index in [1.807, 2.05) is 25.1 Å². The SMILES string of the molecule is CN=C(NCC(=O)N(C)CC(F)(F)F)NC(C)CCc1ccccc1. The van der Waals surface area contributed by atoms with Crippen molar-refractivity contribution in [1.82, 2.24) is 15.5 Å². The Morgan fingerprint density at radius 1 is 1.28 bits per heavy atom. The quantitative estimate of drug-likeness (QED) is 0.580. The molecule has 0 aliphatic heterocycles. The van der Waals surface area contributed by atoms with Crippen molar-refractivity contribution in [2.75, 3.05) is 27.2 Å². The summed E-state index contributed by atoms with van der Waals surface area (Å²) in [4.78, 5) is 16.3. The van der Waals surface area contributed by atoms with Gasteiger partial charge in [0.1, 0.15) is 6.54 Å². The molecule has 0 saturated heterocycles. The van der Waals surface area contributed by atoms with Crippen LogP contribution in [0, 0.1) is 0 Å². The van der Waals surface area contributed by atoms with E-state index in [9.17, 15) is 18.0 Å². The molecule has 1 aromatic carbocycles. The van der Waals surface area contributed by atoms with Crippen LogP contribution in [0.15, 0.2) is 35.3 Å². The van der Waals surface area contributed by atoms with Crippen molar-refractivity contribution in [3.63, 3.8) is 0 Å². The normalized spacial score (nSPS) is 13.3. The largest absolute Gasteiger partial charge is 0.406 e. The third-order valence-electron chi connectivity index (χ3n) is 3.56. The molecule has 1 rings (SSSR count). The number of guanidine groups is 1. The van der Waals surface area contributed by atoms with Gasteiger partial charge in [0, 0.05) is 20.1 Å². The van der Waals surface area contributed by atoms with Crippen LogP contribution in [-0.4, -0.2) is 56.2 Å². The zero-order valence-electron chi connectivity index (χ0n) is 14.7. The Balaban J connectivity index is 2.37. The van der Waals surface area contributed by atoms with Gasteiger partial charge in [-0.15, -0.1) is 0 Å². The van der Waals surface area contributed by atoms with Crippen LogP contribution in [0.2, 0.25) is 0 Å². The molecule has 1 atom stereocenters. The van der Waals surface area contributed by atoms with E-state index in [4.69, 9.17) is 0 Å². The second kappa shape index (κ2) is 9.90. The molecule has 0 aromatic heterocycles. The molecule has 0 radical (unpaired) electrons. The van der Waals surface area contributed by atoms with Gasteiger partial charge in [-0.3, -0.25) is 9.79 Å². The fourth-order valence-electron chi connectivity index (χ4n) is 2.18. The molecule has 25 heavy (non-hydrogen) atoms. The topological polar surface area (TPSA) is 56.7 Å². The summed E-state index contributed by atoms with van der Waals surface area (Å²) in [6.07, 6.45) is -2.66. The first-order chi connectivity index (χ1) is 11.7. The van der Waals surface area contributed by atoms with E-state index in [2.05, 4.69) is 27.8 Å². The average Bonchev–Trinajstić information content (AvgIpc) is 2.55. The van der Waals surface area contributed by atoms with E-state index in [-0.39, 0.29) is 12.6 Å². The lowest BCUT2D eigenvalue weighted by Crippen LogP contribution is -2.47. The van der Waals surface area contributed by atoms with Crippen LogP contribution >= 0.6 is 0 Å². The van der Waals surface area contributed by atoms with Gasteiger partial charge in [0.15, 0.2) is 5.96 Å². The molecular weight excluding hydrogens is 333 g/mol. The fraction of sp³-hybridized carbons (Fsp3) is 0.529. The second-order valence-corrected chi connectivity index (χ2v) is 5.86. The van der Waals surface area contributed by atoms with Gasteiger partial charge in [-0.05, 0) is 25.3 Å². The number of rotatable bonds is 7. The monoisotopic (exact) mass is 358 g/mol. The van der Waals surface area contributed by atoms with Crippen LogP contribution in [0.4, 0.5) is 13.2 Å². The zero-order valence-corrected chi connectivity index (χ0v) is 14.7. The standard InChI is InChI=1S/C17H25F3N4O/c1-13(9-10-14-7-5-4-6-8-14)23-16(21-2)22-11-15(25)24(3)12-17(18,19)20/h4-8,13H,9-12H2,1-3H3,(H2,21,22,23). The maximum absolute atomic E-state index is 12.3. The zero-order chi connectivity index (χ0) is 18.9. The molecule has 2 N–H and O–H groups in total. The molecule has 140 valence electrons. The third-order valence-corrected chi connectivity index (χ3v) is 3.56. The van der Waals surface area contributed by atoms with E-state index >= 15 is 0 Å². The molecule has 0 aliphatic carbocycles. The average molecular weight is 358 g/mol. The number of likely N-dealkylation sites (N-methyl/N-ethyl adjacent to an activating group) is 1. The molecule has 1 aromatic rings. The summed E-state index contributed by atoms with van der Waals surface area (Å²) in [6, 6.07) is 10.1. The number of hydrogen-bond acceptors (Lipinski definition) is 2. The molecule has 0 heterocycles. The van der Waals surface area contributed by atoms with E-state index in [0.717, 1.165) is 19.9 Å². The van der Waals surface area contributed by atoms with Gasteiger partial charge in [0.25, 0.3) is 0 Å². The Morgan fingerprint density at radius 3 is 2.48 bits per heavy atom. The predicted octanol–water partition coefficient (Wildman–Crippen LogP) is 2.19. The molecule has 0 fully saturated rings. The first-order valence-corrected chi connectivity index (χ1v) is 8.03. The molecule has 1 amide bonds. The summed E-state index contributed by atoms with van der Waals surface area (Å²) in [6.45, 7) is 0.456. The van der Waals surface area contributed by atoms with Crippen molar-refractivity contribution in [2.24, 2.45) is 4.99 Å². The summed E-state index contributed by atoms with van der Waals surface area (Å²) < 4.78 is 36.8. The first-order valence-electron chi connectivity index (χ1n) is 8.03. The number of carbonyl (C=O) groups is 1. The molecule has 8 heteroatoms. The highest BCUT2D eigenvalue weighted by Gasteiger charge is 2.31. The number of alkyl halides is 3. The number of halogens is 3. The molecular formula is C17H25F3N4O. The maximum atomic E-state index is 12.3. The highest BCUT2D eigenvalue weighted by atomic mass is 19.4. The van der Waals surface area contributed by atoms with Crippen LogP contribution in [-0.2, 0) is 11.2 Å². The Labute approximate surface area is 146 Å². The summed E-state index contributed by atoms with van der Waals surface area (Å²) in [7, 11) is 2.67. The lowest BCUT2D eigenvalue weighted by Gasteiger charge is -2.21. The minimum Gasteiger partial charge on any atom is -0.354 e. The van der Waals surface area contributed by atoms with E-state index in [1.165, 1.54) is 5.56 Å². The number of amides is 1. The lowest BCUT2D eigenvalue weighted by molar-refractivity contribution is -0.157. The Kier molecular flexibility index (Phi) is 8.24. The maximum Gasteiger partial charge on any atom is 0.406 e. The van der Waals surface area contributed by atoms with Crippen molar-refractivity contribution < 1.29 is 18.0 Å². The van der Waals surface area contributed by atoms with Gasteiger partial charge in [0.05, 0.1) is 6.54 Å². The van der Waals surface area contributed by atoms with Crippen molar-refractivity contribution in [3.05, 3.63) is 35.9 Å². The number of hydrogen-bond donors (Lipinski definition) is 2. The van der Waals surface area contributed by atoms with E-state index < -0.39 is 18.6 Å². The number of benzene rings is 1. The first kappa shape index (κ1) is 20.8. The summed E-state index contributed by atoms with van der Waals surface area (Å²) in [5.41, 5.74) is 1.23. The summed E-state index contributed by atoms with van der Waals surface area (Å²) in [5.74, 6) is -0.272. The molecule has 0 bridgehead atoms. The second-order valence-electron chi connectivity index (χ2n) is 5.86. The van der Waals surface area contributed by atoms with Crippen LogP contribution in [0.5, 0.6) is 0 Å².